The number of aliphatic hydroxyl groups excluding tert-OH is 2. The molecule has 1 aromatic carbocycles. The van der Waals surface area contributed by atoms with Gasteiger partial charge in [0.05, 0.1) is 12.7 Å². The summed E-state index contributed by atoms with van der Waals surface area (Å²) in [4.78, 5) is 0. The third kappa shape index (κ3) is 3.77. The van der Waals surface area contributed by atoms with E-state index in [1.54, 1.807) is 12.1 Å². The molecule has 4 heteroatoms. The molecule has 90 valence electrons. The molecule has 0 radical (unpaired) electrons. The summed E-state index contributed by atoms with van der Waals surface area (Å²) in [6.45, 7) is 2.49. The maximum atomic E-state index is 9.89. The van der Waals surface area contributed by atoms with Gasteiger partial charge in [0.2, 0.25) is 0 Å². The van der Waals surface area contributed by atoms with Crippen LogP contribution in [0.5, 0.6) is 5.75 Å². The van der Waals surface area contributed by atoms with Gasteiger partial charge in [-0.05, 0) is 31.0 Å². The van der Waals surface area contributed by atoms with Crippen LogP contribution in [0, 0.1) is 0 Å². The highest BCUT2D eigenvalue weighted by Crippen LogP contribution is 2.23. The van der Waals surface area contributed by atoms with E-state index in [0.29, 0.717) is 29.7 Å². The third-order valence-electron chi connectivity index (χ3n) is 2.28. The Morgan fingerprint density at radius 1 is 1.38 bits per heavy atom. The van der Waals surface area contributed by atoms with E-state index in [-0.39, 0.29) is 0 Å². The van der Waals surface area contributed by atoms with Crippen LogP contribution in [0.15, 0.2) is 24.3 Å². The monoisotopic (exact) mass is 288 g/mol. The lowest BCUT2D eigenvalue weighted by Crippen LogP contribution is -2.18. The Bertz CT molecular complexity index is 317. The van der Waals surface area contributed by atoms with Gasteiger partial charge in [-0.3, -0.25) is 0 Å². The maximum absolute atomic E-state index is 9.89. The van der Waals surface area contributed by atoms with Gasteiger partial charge in [-0.2, -0.15) is 0 Å². The quantitative estimate of drug-likeness (QED) is 0.790. The van der Waals surface area contributed by atoms with Crippen molar-refractivity contribution in [2.24, 2.45) is 0 Å². The first-order chi connectivity index (χ1) is 7.69. The highest BCUT2D eigenvalue weighted by Gasteiger charge is 2.17. The lowest BCUT2D eigenvalue weighted by molar-refractivity contribution is 0.0172. The molecule has 1 rings (SSSR count). The van der Waals surface area contributed by atoms with Crippen molar-refractivity contribution in [3.63, 3.8) is 0 Å². The molecule has 2 unspecified atom stereocenters. The average molecular weight is 289 g/mol. The van der Waals surface area contributed by atoms with Crippen LogP contribution < -0.4 is 4.74 Å². The van der Waals surface area contributed by atoms with E-state index in [0.717, 1.165) is 0 Å². The minimum Gasteiger partial charge on any atom is -0.494 e. The number of halogens is 1. The fourth-order valence-corrected chi connectivity index (χ4v) is 1.92. The molecule has 2 N–H and O–H groups in total. The summed E-state index contributed by atoms with van der Waals surface area (Å²) in [5.74, 6) is 0.713. The Kier molecular flexibility index (Phi) is 5.80. The smallest absolute Gasteiger partial charge is 0.119 e. The predicted molar refractivity (Wildman–Crippen MR) is 67.0 cm³/mol. The summed E-state index contributed by atoms with van der Waals surface area (Å²) in [7, 11) is 0. The second-order valence-corrected chi connectivity index (χ2v) is 4.29. The number of alkyl halides is 1. The fraction of sp³-hybridized carbons (Fsp3) is 0.500. The topological polar surface area (TPSA) is 49.7 Å². The van der Waals surface area contributed by atoms with E-state index < -0.39 is 12.2 Å². The van der Waals surface area contributed by atoms with Crippen LogP contribution in [-0.2, 0) is 0 Å². The highest BCUT2D eigenvalue weighted by molar-refractivity contribution is 9.09. The molecule has 0 amide bonds. The Morgan fingerprint density at radius 2 is 2.12 bits per heavy atom. The Labute approximate surface area is 104 Å². The SMILES string of the molecule is CCOc1cccc(C(O)C(O)CCBr)c1. The summed E-state index contributed by atoms with van der Waals surface area (Å²) in [5.41, 5.74) is 0.680. The Morgan fingerprint density at radius 3 is 2.75 bits per heavy atom. The van der Waals surface area contributed by atoms with Gasteiger partial charge in [-0.1, -0.05) is 28.1 Å². The Hall–Kier alpha value is -0.580. The standard InChI is InChI=1S/C12H17BrO3/c1-2-16-10-5-3-4-9(8-10)12(15)11(14)6-7-13/h3-5,8,11-12,14-15H,2,6-7H2,1H3. The largest absolute Gasteiger partial charge is 0.494 e. The van der Waals surface area contributed by atoms with Crippen molar-refractivity contribution < 1.29 is 14.9 Å². The van der Waals surface area contributed by atoms with Crippen LogP contribution in [0.3, 0.4) is 0 Å². The molecule has 0 spiro atoms. The minimum absolute atomic E-state index is 0.514. The van der Waals surface area contributed by atoms with E-state index in [1.165, 1.54) is 0 Å². The van der Waals surface area contributed by atoms with Gasteiger partial charge in [0.25, 0.3) is 0 Å². The fourth-order valence-electron chi connectivity index (χ4n) is 1.45. The van der Waals surface area contributed by atoms with Crippen molar-refractivity contribution in [1.29, 1.82) is 0 Å². The zero-order chi connectivity index (χ0) is 12.0. The average Bonchev–Trinajstić information content (AvgIpc) is 2.29. The Balaban J connectivity index is 2.74. The summed E-state index contributed by atoms with van der Waals surface area (Å²) < 4.78 is 5.33. The molecule has 0 saturated carbocycles. The maximum Gasteiger partial charge on any atom is 0.119 e. The van der Waals surface area contributed by atoms with Gasteiger partial charge in [-0.15, -0.1) is 0 Å². The van der Waals surface area contributed by atoms with E-state index in [4.69, 9.17) is 4.74 Å². The summed E-state index contributed by atoms with van der Waals surface area (Å²) in [6, 6.07) is 7.18. The van der Waals surface area contributed by atoms with E-state index in [2.05, 4.69) is 15.9 Å². The molecule has 0 aromatic heterocycles. The summed E-state index contributed by atoms with van der Waals surface area (Å²) in [5, 5.41) is 20.2. The molecule has 0 aliphatic carbocycles. The van der Waals surface area contributed by atoms with Crippen molar-refractivity contribution in [3.05, 3.63) is 29.8 Å². The number of rotatable bonds is 6. The molecular weight excluding hydrogens is 272 g/mol. The third-order valence-corrected chi connectivity index (χ3v) is 2.74. The van der Waals surface area contributed by atoms with Crippen LogP contribution in [0.4, 0.5) is 0 Å². The number of ether oxygens (including phenoxy) is 1. The van der Waals surface area contributed by atoms with E-state index >= 15 is 0 Å². The van der Waals surface area contributed by atoms with Gasteiger partial charge in [0, 0.05) is 5.33 Å². The molecule has 2 atom stereocenters. The van der Waals surface area contributed by atoms with Crippen LogP contribution in [0.2, 0.25) is 0 Å². The molecule has 0 heterocycles. The molecule has 3 nitrogen and oxygen atoms in total. The second-order valence-electron chi connectivity index (χ2n) is 3.50. The first-order valence-electron chi connectivity index (χ1n) is 5.34. The first kappa shape index (κ1) is 13.5. The van der Waals surface area contributed by atoms with Gasteiger partial charge in [-0.25, -0.2) is 0 Å². The van der Waals surface area contributed by atoms with Crippen molar-refractivity contribution in [2.75, 3.05) is 11.9 Å². The van der Waals surface area contributed by atoms with E-state index in [9.17, 15) is 10.2 Å². The lowest BCUT2D eigenvalue weighted by atomic mass is 10.0. The highest BCUT2D eigenvalue weighted by atomic mass is 79.9. The molecule has 16 heavy (non-hydrogen) atoms. The number of hydrogen-bond donors (Lipinski definition) is 2. The molecule has 0 aliphatic rings. The van der Waals surface area contributed by atoms with Crippen molar-refractivity contribution in [3.8, 4) is 5.75 Å². The summed E-state index contributed by atoms with van der Waals surface area (Å²) >= 11 is 3.23. The van der Waals surface area contributed by atoms with Gasteiger partial charge in [0.15, 0.2) is 0 Å². The number of aliphatic hydroxyl groups is 2. The van der Waals surface area contributed by atoms with Crippen molar-refractivity contribution >= 4 is 15.9 Å². The minimum atomic E-state index is -0.863. The van der Waals surface area contributed by atoms with Crippen molar-refractivity contribution in [2.45, 2.75) is 25.6 Å². The van der Waals surface area contributed by atoms with Crippen molar-refractivity contribution in [1.82, 2.24) is 0 Å². The van der Waals surface area contributed by atoms with Crippen LogP contribution in [0.25, 0.3) is 0 Å². The van der Waals surface area contributed by atoms with Crippen LogP contribution >= 0.6 is 15.9 Å². The number of hydrogen-bond acceptors (Lipinski definition) is 3. The summed E-state index contributed by atoms with van der Waals surface area (Å²) in [6.07, 6.45) is -1.10. The van der Waals surface area contributed by atoms with Gasteiger partial charge < -0.3 is 14.9 Å². The zero-order valence-corrected chi connectivity index (χ0v) is 10.9. The zero-order valence-electron chi connectivity index (χ0n) is 9.27. The lowest BCUT2D eigenvalue weighted by Gasteiger charge is -2.17. The molecule has 1 aromatic rings. The van der Waals surface area contributed by atoms with Gasteiger partial charge in [0.1, 0.15) is 11.9 Å². The van der Waals surface area contributed by atoms with Gasteiger partial charge >= 0.3 is 0 Å². The predicted octanol–water partition coefficient (Wildman–Crippen LogP) is 2.26. The van der Waals surface area contributed by atoms with E-state index in [1.807, 2.05) is 19.1 Å². The van der Waals surface area contributed by atoms with Crippen LogP contribution in [-0.4, -0.2) is 28.3 Å². The number of benzene rings is 1. The second kappa shape index (κ2) is 6.89. The van der Waals surface area contributed by atoms with Crippen LogP contribution in [0.1, 0.15) is 25.0 Å². The molecule has 0 saturated heterocycles. The normalized spacial score (nSPS) is 14.5. The first-order valence-corrected chi connectivity index (χ1v) is 6.46. The molecule has 0 aliphatic heterocycles. The molecular formula is C12H17BrO3. The molecule has 0 fully saturated rings. The molecule has 0 bridgehead atoms.